The van der Waals surface area contributed by atoms with Crippen LogP contribution in [-0.4, -0.2) is 9.81 Å². The molecule has 1 aliphatic rings. The molecule has 1 saturated carbocycles. The van der Waals surface area contributed by atoms with Crippen molar-refractivity contribution in [2.24, 2.45) is 5.92 Å². The van der Waals surface area contributed by atoms with Crippen molar-refractivity contribution >= 4 is 27.3 Å². The maximum Gasteiger partial charge on any atom is 0.0931 e. The van der Waals surface area contributed by atoms with Crippen molar-refractivity contribution in [2.75, 3.05) is 0 Å². The van der Waals surface area contributed by atoms with Gasteiger partial charge in [-0.25, -0.2) is 4.98 Å². The van der Waals surface area contributed by atoms with E-state index in [1.807, 2.05) is 11.3 Å². The van der Waals surface area contributed by atoms with Crippen LogP contribution >= 0.6 is 27.3 Å². The second kappa shape index (κ2) is 6.40. The van der Waals surface area contributed by atoms with Crippen LogP contribution in [-0.2, 0) is 6.42 Å². The number of hydrogen-bond donors (Lipinski definition) is 0. The Balaban J connectivity index is 1.70. The van der Waals surface area contributed by atoms with Gasteiger partial charge in [0.1, 0.15) is 0 Å². The van der Waals surface area contributed by atoms with E-state index in [9.17, 15) is 0 Å². The van der Waals surface area contributed by atoms with Crippen LogP contribution in [0.4, 0.5) is 0 Å². The van der Waals surface area contributed by atoms with Crippen molar-refractivity contribution < 1.29 is 0 Å². The molecule has 0 saturated heterocycles. The molecule has 3 atom stereocenters. The second-order valence-electron chi connectivity index (χ2n) is 5.78. The van der Waals surface area contributed by atoms with Crippen molar-refractivity contribution in [1.82, 2.24) is 4.98 Å². The summed E-state index contributed by atoms with van der Waals surface area (Å²) in [5.74, 6) is 1.43. The van der Waals surface area contributed by atoms with Crippen LogP contribution in [0.3, 0.4) is 0 Å². The number of halogens is 1. The second-order valence-corrected chi connectivity index (χ2v) is 7.90. The van der Waals surface area contributed by atoms with Crippen molar-refractivity contribution in [3.8, 4) is 0 Å². The Morgan fingerprint density at radius 3 is 2.75 bits per heavy atom. The maximum atomic E-state index is 4.63. The van der Waals surface area contributed by atoms with Crippen molar-refractivity contribution in [2.45, 2.75) is 43.4 Å². The minimum atomic E-state index is 0.645. The van der Waals surface area contributed by atoms with Gasteiger partial charge < -0.3 is 0 Å². The highest BCUT2D eigenvalue weighted by Gasteiger charge is 2.30. The molecule has 0 N–H and O–H groups in total. The van der Waals surface area contributed by atoms with E-state index in [1.165, 1.54) is 29.8 Å². The summed E-state index contributed by atoms with van der Waals surface area (Å²) in [4.78, 5) is 5.28. The average molecular weight is 350 g/mol. The first-order chi connectivity index (χ1) is 9.72. The SMILES string of the molecule is Cc1csc(CC2CC(c3ccccc3)CCC2Br)n1. The molecule has 3 unspecified atom stereocenters. The van der Waals surface area contributed by atoms with Crippen LogP contribution in [0.1, 0.15) is 41.4 Å². The molecule has 1 heterocycles. The Bertz CT molecular complexity index is 551. The quantitative estimate of drug-likeness (QED) is 0.681. The molecule has 0 bridgehead atoms. The van der Waals surface area contributed by atoms with E-state index in [0.29, 0.717) is 10.7 Å². The van der Waals surface area contributed by atoms with Gasteiger partial charge in [0.05, 0.1) is 5.01 Å². The minimum Gasteiger partial charge on any atom is -0.247 e. The summed E-state index contributed by atoms with van der Waals surface area (Å²) < 4.78 is 0. The van der Waals surface area contributed by atoms with E-state index in [4.69, 9.17) is 0 Å². The Kier molecular flexibility index (Phi) is 4.57. The molecular formula is C17H20BrNS. The first-order valence-electron chi connectivity index (χ1n) is 7.32. The number of aryl methyl sites for hydroxylation is 1. The number of hydrogen-bond acceptors (Lipinski definition) is 2. The smallest absolute Gasteiger partial charge is 0.0931 e. The van der Waals surface area contributed by atoms with Crippen LogP contribution in [0.15, 0.2) is 35.7 Å². The first kappa shape index (κ1) is 14.3. The van der Waals surface area contributed by atoms with Gasteiger partial charge in [-0.1, -0.05) is 46.3 Å². The van der Waals surface area contributed by atoms with E-state index < -0.39 is 0 Å². The number of aromatic nitrogens is 1. The predicted octanol–water partition coefficient (Wildman–Crippen LogP) is 5.34. The number of thiazole rings is 1. The van der Waals surface area contributed by atoms with Crippen LogP contribution in [0, 0.1) is 12.8 Å². The highest BCUT2D eigenvalue weighted by molar-refractivity contribution is 9.09. The first-order valence-corrected chi connectivity index (χ1v) is 9.12. The predicted molar refractivity (Wildman–Crippen MR) is 89.8 cm³/mol. The zero-order chi connectivity index (χ0) is 13.9. The molecule has 1 aromatic heterocycles. The van der Waals surface area contributed by atoms with E-state index in [2.05, 4.69) is 63.5 Å². The number of rotatable bonds is 3. The minimum absolute atomic E-state index is 0.645. The molecule has 20 heavy (non-hydrogen) atoms. The fraction of sp³-hybridized carbons (Fsp3) is 0.471. The molecule has 1 aromatic carbocycles. The van der Waals surface area contributed by atoms with E-state index in [-0.39, 0.29) is 0 Å². The molecule has 106 valence electrons. The molecule has 3 heteroatoms. The van der Waals surface area contributed by atoms with Gasteiger partial charge in [0.15, 0.2) is 0 Å². The summed E-state index contributed by atoms with van der Waals surface area (Å²) in [6.07, 6.45) is 4.97. The van der Waals surface area contributed by atoms with E-state index in [0.717, 1.165) is 18.0 Å². The zero-order valence-corrected chi connectivity index (χ0v) is 14.2. The summed E-state index contributed by atoms with van der Waals surface area (Å²) in [6.45, 7) is 2.08. The van der Waals surface area contributed by atoms with Crippen LogP contribution in [0.25, 0.3) is 0 Å². The van der Waals surface area contributed by atoms with Gasteiger partial charge in [-0.15, -0.1) is 11.3 Å². The van der Waals surface area contributed by atoms with E-state index >= 15 is 0 Å². The van der Waals surface area contributed by atoms with Gasteiger partial charge >= 0.3 is 0 Å². The molecular weight excluding hydrogens is 330 g/mol. The third-order valence-electron chi connectivity index (χ3n) is 4.26. The third-order valence-corrected chi connectivity index (χ3v) is 6.46. The maximum absolute atomic E-state index is 4.63. The molecule has 1 nitrogen and oxygen atoms in total. The van der Waals surface area contributed by atoms with Crippen LogP contribution < -0.4 is 0 Å². The van der Waals surface area contributed by atoms with Gasteiger partial charge in [-0.05, 0) is 43.6 Å². The Morgan fingerprint density at radius 2 is 2.05 bits per heavy atom. The summed E-state index contributed by atoms with van der Waals surface area (Å²) in [7, 11) is 0. The standard InChI is InChI=1S/C17H20BrNS/c1-12-11-20-17(19-12)10-15-9-14(7-8-16(15)18)13-5-3-2-4-6-13/h2-6,11,14-16H,7-10H2,1H3. The fourth-order valence-electron chi connectivity index (χ4n) is 3.19. The summed E-state index contributed by atoms with van der Waals surface area (Å²) in [5.41, 5.74) is 2.67. The lowest BCUT2D eigenvalue weighted by Gasteiger charge is -2.33. The van der Waals surface area contributed by atoms with Crippen molar-refractivity contribution in [3.63, 3.8) is 0 Å². The van der Waals surface area contributed by atoms with Crippen LogP contribution in [0.5, 0.6) is 0 Å². The molecule has 1 aliphatic carbocycles. The Morgan fingerprint density at radius 1 is 1.25 bits per heavy atom. The summed E-state index contributed by atoms with van der Waals surface area (Å²) in [6, 6.07) is 11.0. The molecule has 1 fully saturated rings. The highest BCUT2D eigenvalue weighted by Crippen LogP contribution is 2.40. The molecule has 0 aliphatic heterocycles. The molecule has 0 radical (unpaired) electrons. The third kappa shape index (κ3) is 3.32. The molecule has 2 aromatic rings. The molecule has 0 spiro atoms. The lowest BCUT2D eigenvalue weighted by molar-refractivity contribution is 0.334. The van der Waals surface area contributed by atoms with Gasteiger partial charge in [-0.2, -0.15) is 0 Å². The van der Waals surface area contributed by atoms with Crippen molar-refractivity contribution in [1.29, 1.82) is 0 Å². The summed E-state index contributed by atoms with van der Waals surface area (Å²) >= 11 is 5.71. The number of benzene rings is 1. The van der Waals surface area contributed by atoms with E-state index in [1.54, 1.807) is 0 Å². The Hall–Kier alpha value is -0.670. The zero-order valence-electron chi connectivity index (χ0n) is 11.8. The summed E-state index contributed by atoms with van der Waals surface area (Å²) in [5, 5.41) is 3.46. The topological polar surface area (TPSA) is 12.9 Å². The van der Waals surface area contributed by atoms with Crippen molar-refractivity contribution in [3.05, 3.63) is 52.0 Å². The normalized spacial score (nSPS) is 26.6. The van der Waals surface area contributed by atoms with Gasteiger partial charge in [0.25, 0.3) is 0 Å². The van der Waals surface area contributed by atoms with Gasteiger partial charge in [0, 0.05) is 22.3 Å². The average Bonchev–Trinajstić information content (AvgIpc) is 2.88. The lowest BCUT2D eigenvalue weighted by Crippen LogP contribution is -2.25. The van der Waals surface area contributed by atoms with Gasteiger partial charge in [-0.3, -0.25) is 0 Å². The largest absolute Gasteiger partial charge is 0.247 e. The number of alkyl halides is 1. The Labute approximate surface area is 133 Å². The highest BCUT2D eigenvalue weighted by atomic mass is 79.9. The fourth-order valence-corrected chi connectivity index (χ4v) is 4.72. The molecule has 0 amide bonds. The number of nitrogens with zero attached hydrogens (tertiary/aromatic N) is 1. The van der Waals surface area contributed by atoms with Gasteiger partial charge in [0.2, 0.25) is 0 Å². The van der Waals surface area contributed by atoms with Crippen LogP contribution in [0.2, 0.25) is 0 Å². The monoisotopic (exact) mass is 349 g/mol. The molecule has 3 rings (SSSR count). The lowest BCUT2D eigenvalue weighted by atomic mass is 9.77.